The Kier molecular flexibility index (Phi) is 17.1. The predicted molar refractivity (Wildman–Crippen MR) is 174 cm³/mol. The van der Waals surface area contributed by atoms with Crippen LogP contribution in [0.25, 0.3) is 0 Å². The number of alkyl halides is 6. The van der Waals surface area contributed by atoms with E-state index >= 15 is 0 Å². The SMILES string of the molecule is CCC.CCc1cc(C(OCOC)(C(F)(F)F)C(F)(F)F)ccc1OCCCC(C)N(C=O)C(=O)C(C)(NC)c1ccc(OC(C)C)cc1. The number of carbonyl (C=O) groups excluding carboxylic acids is 2. The molecule has 8 nitrogen and oxygen atoms in total. The second-order valence-electron chi connectivity index (χ2n) is 11.8. The van der Waals surface area contributed by atoms with Crippen molar-refractivity contribution in [2.24, 2.45) is 0 Å². The van der Waals surface area contributed by atoms with Crippen LogP contribution in [0.5, 0.6) is 11.5 Å². The van der Waals surface area contributed by atoms with Crippen molar-refractivity contribution in [3.8, 4) is 11.5 Å². The van der Waals surface area contributed by atoms with Crippen LogP contribution in [0.15, 0.2) is 42.5 Å². The number of benzene rings is 2. The first-order valence-electron chi connectivity index (χ1n) is 16.1. The monoisotopic (exact) mass is 708 g/mol. The minimum Gasteiger partial charge on any atom is -0.493 e. The molecular formula is C35H50F6N2O6. The molecule has 278 valence electrons. The number of ether oxygens (including phenoxy) is 4. The normalized spacial score (nSPS) is 14.0. The van der Waals surface area contributed by atoms with Crippen molar-refractivity contribution in [3.05, 3.63) is 59.2 Å². The quantitative estimate of drug-likeness (QED) is 0.0771. The van der Waals surface area contributed by atoms with E-state index in [9.17, 15) is 35.9 Å². The number of rotatable bonds is 17. The van der Waals surface area contributed by atoms with Gasteiger partial charge in [0.2, 0.25) is 6.41 Å². The summed E-state index contributed by atoms with van der Waals surface area (Å²) in [4.78, 5) is 26.7. The zero-order chi connectivity index (χ0) is 37.6. The molecular weight excluding hydrogens is 658 g/mol. The van der Waals surface area contributed by atoms with Crippen molar-refractivity contribution in [1.29, 1.82) is 0 Å². The molecule has 0 aromatic heterocycles. The summed E-state index contributed by atoms with van der Waals surface area (Å²) < 4.78 is 104. The molecule has 0 aliphatic carbocycles. The first-order chi connectivity index (χ1) is 22.8. The van der Waals surface area contributed by atoms with E-state index in [0.29, 0.717) is 36.6 Å². The highest BCUT2D eigenvalue weighted by Crippen LogP contribution is 2.53. The van der Waals surface area contributed by atoms with E-state index in [0.717, 1.165) is 24.1 Å². The second kappa shape index (κ2) is 19.1. The van der Waals surface area contributed by atoms with Crippen molar-refractivity contribution in [1.82, 2.24) is 10.2 Å². The molecule has 0 radical (unpaired) electrons. The number of nitrogens with one attached hydrogen (secondary N) is 1. The molecule has 2 aromatic carbocycles. The third-order valence-electron chi connectivity index (χ3n) is 7.62. The Morgan fingerprint density at radius 3 is 1.94 bits per heavy atom. The second-order valence-corrected chi connectivity index (χ2v) is 11.8. The van der Waals surface area contributed by atoms with Gasteiger partial charge in [0.1, 0.15) is 23.8 Å². The maximum Gasteiger partial charge on any atom is 0.430 e. The molecule has 0 heterocycles. The van der Waals surface area contributed by atoms with E-state index in [1.807, 2.05) is 13.8 Å². The number of nitrogens with zero attached hydrogens (tertiary/aromatic N) is 1. The molecule has 0 aliphatic heterocycles. The fraction of sp³-hybridized carbons (Fsp3) is 0.600. The van der Waals surface area contributed by atoms with Gasteiger partial charge in [0.05, 0.1) is 12.7 Å². The van der Waals surface area contributed by atoms with Crippen LogP contribution < -0.4 is 14.8 Å². The van der Waals surface area contributed by atoms with E-state index in [4.69, 9.17) is 9.47 Å². The molecule has 0 saturated heterocycles. The summed E-state index contributed by atoms with van der Waals surface area (Å²) in [5, 5.41) is 3.00. The lowest BCUT2D eigenvalue weighted by atomic mass is 9.89. The number of imide groups is 1. The third-order valence-corrected chi connectivity index (χ3v) is 7.62. The number of methoxy groups -OCH3 is 1. The molecule has 0 aliphatic rings. The molecule has 1 N–H and O–H groups in total. The lowest BCUT2D eigenvalue weighted by Gasteiger charge is -2.37. The molecule has 2 amide bonds. The highest BCUT2D eigenvalue weighted by atomic mass is 19.4. The number of hydrogen-bond donors (Lipinski definition) is 1. The van der Waals surface area contributed by atoms with Crippen LogP contribution in [0.4, 0.5) is 26.3 Å². The summed E-state index contributed by atoms with van der Waals surface area (Å²) in [5.41, 5.74) is -6.29. The Morgan fingerprint density at radius 1 is 0.939 bits per heavy atom. The summed E-state index contributed by atoms with van der Waals surface area (Å²) >= 11 is 0. The minimum atomic E-state index is -5.84. The van der Waals surface area contributed by atoms with Crippen molar-refractivity contribution in [3.63, 3.8) is 0 Å². The Hall–Kier alpha value is -3.36. The van der Waals surface area contributed by atoms with Crippen LogP contribution in [0.1, 0.15) is 84.4 Å². The van der Waals surface area contributed by atoms with Gasteiger partial charge in [0, 0.05) is 18.7 Å². The smallest absolute Gasteiger partial charge is 0.430 e. The molecule has 0 saturated carbocycles. The van der Waals surface area contributed by atoms with E-state index in [-0.39, 0.29) is 30.4 Å². The Balaban J connectivity index is 0.00000385. The maximum absolute atomic E-state index is 13.9. The van der Waals surface area contributed by atoms with Gasteiger partial charge in [-0.1, -0.05) is 45.4 Å². The van der Waals surface area contributed by atoms with Crippen LogP contribution in [-0.4, -0.2) is 69.3 Å². The fourth-order valence-electron chi connectivity index (χ4n) is 4.92. The Labute approximate surface area is 285 Å². The summed E-state index contributed by atoms with van der Waals surface area (Å²) in [5.74, 6) is 0.235. The van der Waals surface area contributed by atoms with Crippen molar-refractivity contribution < 1.29 is 54.9 Å². The van der Waals surface area contributed by atoms with E-state index in [1.165, 1.54) is 6.42 Å². The zero-order valence-corrected chi connectivity index (χ0v) is 29.7. The average molecular weight is 709 g/mol. The van der Waals surface area contributed by atoms with Gasteiger partial charge < -0.3 is 24.3 Å². The standard InChI is InChI=1S/C32H42F6N2O6.C3H8/c1-8-23-18-25(30(31(33,34)35,32(36,37)38)45-20-43-7)13-16-27(23)44-17-9-10-22(4)40(19-41)28(42)29(5,39-6)24-11-14-26(15-12-24)46-21(2)3;1-3-2/h11-16,18-19,21-22,39H,8-10,17,20H2,1-7H3;3H2,1-2H3. The van der Waals surface area contributed by atoms with Gasteiger partial charge >= 0.3 is 12.4 Å². The predicted octanol–water partition coefficient (Wildman–Crippen LogP) is 8.06. The van der Waals surface area contributed by atoms with Gasteiger partial charge in [-0.05, 0) is 89.4 Å². The lowest BCUT2D eigenvalue weighted by Crippen LogP contribution is -2.56. The molecule has 49 heavy (non-hydrogen) atoms. The highest BCUT2D eigenvalue weighted by molar-refractivity contribution is 5.94. The van der Waals surface area contributed by atoms with Gasteiger partial charge in [-0.3, -0.25) is 14.5 Å². The van der Waals surface area contributed by atoms with Crippen LogP contribution >= 0.6 is 0 Å². The Bertz CT molecular complexity index is 1290. The number of halogens is 6. The summed E-state index contributed by atoms with van der Waals surface area (Å²) in [6.07, 6.45) is -9.33. The molecule has 2 unspecified atom stereocenters. The largest absolute Gasteiger partial charge is 0.493 e. The number of hydrogen-bond acceptors (Lipinski definition) is 7. The van der Waals surface area contributed by atoms with Crippen LogP contribution in [-0.2, 0) is 36.6 Å². The topological polar surface area (TPSA) is 86.3 Å². The molecule has 2 aromatic rings. The molecule has 14 heteroatoms. The average Bonchev–Trinajstić information content (AvgIpc) is 3.02. The maximum atomic E-state index is 13.9. The number of amides is 2. The molecule has 0 spiro atoms. The van der Waals surface area contributed by atoms with Gasteiger partial charge in [-0.15, -0.1) is 0 Å². The molecule has 2 rings (SSSR count). The highest BCUT2D eigenvalue weighted by Gasteiger charge is 2.73. The first-order valence-corrected chi connectivity index (χ1v) is 16.1. The van der Waals surface area contributed by atoms with Gasteiger partial charge in [-0.25, -0.2) is 0 Å². The van der Waals surface area contributed by atoms with Crippen molar-refractivity contribution in [2.75, 3.05) is 27.6 Å². The summed E-state index contributed by atoms with van der Waals surface area (Å²) in [6.45, 7) is 11.7. The van der Waals surface area contributed by atoms with Gasteiger partial charge in [0.25, 0.3) is 11.5 Å². The number of aryl methyl sites for hydroxylation is 1. The third kappa shape index (κ3) is 10.8. The van der Waals surface area contributed by atoms with Gasteiger partial charge in [-0.2, -0.15) is 26.3 Å². The van der Waals surface area contributed by atoms with Crippen LogP contribution in [0.3, 0.4) is 0 Å². The zero-order valence-electron chi connectivity index (χ0n) is 29.7. The van der Waals surface area contributed by atoms with Crippen LogP contribution in [0.2, 0.25) is 0 Å². The summed E-state index contributed by atoms with van der Waals surface area (Å²) in [7, 11) is 2.52. The number of carbonyl (C=O) groups is 2. The van der Waals surface area contributed by atoms with Gasteiger partial charge in [0.15, 0.2) is 0 Å². The molecule has 0 fully saturated rings. The van der Waals surface area contributed by atoms with E-state index < -0.39 is 47.8 Å². The summed E-state index contributed by atoms with van der Waals surface area (Å²) in [6, 6.07) is 8.86. The lowest BCUT2D eigenvalue weighted by molar-refractivity contribution is -0.400. The van der Waals surface area contributed by atoms with E-state index in [2.05, 4.69) is 28.6 Å². The fourth-order valence-corrected chi connectivity index (χ4v) is 4.92. The van der Waals surface area contributed by atoms with Crippen LogP contribution in [0, 0.1) is 0 Å². The first kappa shape index (κ1) is 43.7. The van der Waals surface area contributed by atoms with Crippen molar-refractivity contribution >= 4 is 12.3 Å². The van der Waals surface area contributed by atoms with E-state index in [1.54, 1.807) is 52.1 Å². The molecule has 0 bridgehead atoms. The Morgan fingerprint density at radius 2 is 1.49 bits per heavy atom. The minimum absolute atomic E-state index is 0.0159. The van der Waals surface area contributed by atoms with Crippen molar-refractivity contribution in [2.45, 2.75) is 110 Å². The molecule has 2 atom stereocenters. The number of likely N-dealkylation sites (N-methyl/N-ethyl adjacent to an activating group) is 1.